The summed E-state index contributed by atoms with van der Waals surface area (Å²) >= 11 is 0. The van der Waals surface area contributed by atoms with Gasteiger partial charge in [0.05, 0.1) is 33.1 Å². The highest BCUT2D eigenvalue weighted by atomic mass is 16.5. The van der Waals surface area contributed by atoms with E-state index >= 15 is 0 Å². The average molecular weight is 436 g/mol. The van der Waals surface area contributed by atoms with E-state index in [4.69, 9.17) is 19.2 Å². The fraction of sp³-hybridized carbons (Fsp3) is 0.375. The number of benzene rings is 1. The van der Waals surface area contributed by atoms with Crippen LogP contribution in [0.5, 0.6) is 17.2 Å². The van der Waals surface area contributed by atoms with Gasteiger partial charge in [-0.15, -0.1) is 0 Å². The molecule has 1 saturated carbocycles. The lowest BCUT2D eigenvalue weighted by Gasteiger charge is -2.23. The molecular formula is C24H24N2O6. The first-order valence-electron chi connectivity index (χ1n) is 10.5. The average Bonchev–Trinajstić information content (AvgIpc) is 3.55. The normalized spacial score (nSPS) is 23.7. The van der Waals surface area contributed by atoms with Crippen molar-refractivity contribution in [2.75, 3.05) is 21.3 Å². The van der Waals surface area contributed by atoms with Crippen molar-refractivity contribution in [3.8, 4) is 17.2 Å². The molecule has 2 aliphatic carbocycles. The number of aliphatic carboxylic acids is 1. The maximum absolute atomic E-state index is 13.4. The highest BCUT2D eigenvalue weighted by Gasteiger charge is 2.62. The van der Waals surface area contributed by atoms with Gasteiger partial charge in [-0.3, -0.25) is 14.2 Å². The molecule has 1 aromatic heterocycles. The van der Waals surface area contributed by atoms with E-state index in [0.717, 1.165) is 24.0 Å². The van der Waals surface area contributed by atoms with Gasteiger partial charge in [0.1, 0.15) is 11.2 Å². The van der Waals surface area contributed by atoms with Crippen molar-refractivity contribution < 1.29 is 24.1 Å². The molecule has 0 spiro atoms. The molecular weight excluding hydrogens is 412 g/mol. The standard InChI is InChI=1S/C24H24N2O6/c1-30-16-10-13(11-17(31-2)21(16)32-3)9-14-5-4-6-15-20(14)25-19-7-8-24(23(28)29)12-18(24)26(19)22(15)27/h7-11,18H,4-6,12H2,1-3H3,(H,28,29). The Labute approximate surface area is 184 Å². The number of carbonyl (C=O) groups is 1. The molecule has 1 N–H and O–H groups in total. The molecule has 2 aromatic rings. The number of nitrogens with zero attached hydrogens (tertiary/aromatic N) is 2. The predicted octanol–water partition coefficient (Wildman–Crippen LogP) is 3.19. The highest BCUT2D eigenvalue weighted by Crippen LogP contribution is 2.59. The molecule has 0 saturated heterocycles. The van der Waals surface area contributed by atoms with Gasteiger partial charge in [-0.2, -0.15) is 0 Å². The lowest BCUT2D eigenvalue weighted by Crippen LogP contribution is -2.33. The molecule has 8 nitrogen and oxygen atoms in total. The van der Waals surface area contributed by atoms with Crippen molar-refractivity contribution in [2.45, 2.75) is 31.7 Å². The third kappa shape index (κ3) is 2.86. The second kappa shape index (κ2) is 7.25. The molecule has 0 bridgehead atoms. The molecule has 2 heterocycles. The minimum absolute atomic E-state index is 0.127. The van der Waals surface area contributed by atoms with Crippen molar-refractivity contribution in [3.63, 3.8) is 0 Å². The number of fused-ring (bicyclic) bond motifs is 4. The number of methoxy groups -OCH3 is 3. The van der Waals surface area contributed by atoms with Gasteiger partial charge in [0, 0.05) is 5.56 Å². The van der Waals surface area contributed by atoms with Crippen molar-refractivity contribution in [1.82, 2.24) is 9.55 Å². The Balaban J connectivity index is 1.62. The van der Waals surface area contributed by atoms with Crippen LogP contribution in [0.3, 0.4) is 0 Å². The van der Waals surface area contributed by atoms with E-state index in [1.165, 1.54) is 0 Å². The van der Waals surface area contributed by atoms with Gasteiger partial charge >= 0.3 is 5.97 Å². The maximum atomic E-state index is 13.4. The van der Waals surface area contributed by atoms with Gasteiger partial charge in [0.25, 0.3) is 5.56 Å². The monoisotopic (exact) mass is 436 g/mol. The van der Waals surface area contributed by atoms with Gasteiger partial charge in [0.15, 0.2) is 11.5 Å². The number of carboxylic acids is 1. The highest BCUT2D eigenvalue weighted by molar-refractivity contribution is 5.85. The van der Waals surface area contributed by atoms with E-state index < -0.39 is 11.4 Å². The second-order valence-electron chi connectivity index (χ2n) is 8.35. The Morgan fingerprint density at radius 2 is 1.91 bits per heavy atom. The van der Waals surface area contributed by atoms with E-state index in [-0.39, 0.29) is 11.6 Å². The zero-order valence-corrected chi connectivity index (χ0v) is 18.2. The van der Waals surface area contributed by atoms with E-state index in [9.17, 15) is 14.7 Å². The number of carboxylic acid groups (broad SMARTS) is 1. The fourth-order valence-electron chi connectivity index (χ4n) is 4.88. The lowest BCUT2D eigenvalue weighted by molar-refractivity contribution is -0.141. The zero-order chi connectivity index (χ0) is 22.6. The molecule has 32 heavy (non-hydrogen) atoms. The molecule has 3 aliphatic rings. The summed E-state index contributed by atoms with van der Waals surface area (Å²) in [7, 11) is 4.70. The molecule has 1 aliphatic heterocycles. The molecule has 8 heteroatoms. The summed E-state index contributed by atoms with van der Waals surface area (Å²) in [4.78, 5) is 29.9. The Hall–Kier alpha value is -3.55. The van der Waals surface area contributed by atoms with E-state index in [1.54, 1.807) is 38.0 Å². The summed E-state index contributed by atoms with van der Waals surface area (Å²) in [6, 6.07) is 3.37. The van der Waals surface area contributed by atoms with Gasteiger partial charge < -0.3 is 19.3 Å². The van der Waals surface area contributed by atoms with E-state index in [2.05, 4.69) is 0 Å². The quantitative estimate of drug-likeness (QED) is 0.768. The number of aromatic nitrogens is 2. The van der Waals surface area contributed by atoms with Crippen molar-refractivity contribution >= 4 is 23.7 Å². The van der Waals surface area contributed by atoms with Crippen LogP contribution in [-0.2, 0) is 11.2 Å². The molecule has 0 amide bonds. The van der Waals surface area contributed by atoms with Crippen LogP contribution in [0, 0.1) is 5.41 Å². The molecule has 2 unspecified atom stereocenters. The van der Waals surface area contributed by atoms with Crippen molar-refractivity contribution in [1.29, 1.82) is 0 Å². The Kier molecular flexibility index (Phi) is 4.62. The minimum Gasteiger partial charge on any atom is -0.493 e. The summed E-state index contributed by atoms with van der Waals surface area (Å²) in [5, 5.41) is 9.60. The number of allylic oxidation sites excluding steroid dienone is 1. The van der Waals surface area contributed by atoms with Crippen LogP contribution in [-0.4, -0.2) is 42.0 Å². The maximum Gasteiger partial charge on any atom is 0.315 e. The largest absolute Gasteiger partial charge is 0.493 e. The van der Waals surface area contributed by atoms with Crippen LogP contribution >= 0.6 is 0 Å². The van der Waals surface area contributed by atoms with E-state index in [0.29, 0.717) is 47.2 Å². The van der Waals surface area contributed by atoms with Crippen LogP contribution in [0.25, 0.3) is 17.7 Å². The second-order valence-corrected chi connectivity index (χ2v) is 8.35. The Morgan fingerprint density at radius 1 is 1.19 bits per heavy atom. The Morgan fingerprint density at radius 3 is 2.53 bits per heavy atom. The third-order valence-corrected chi connectivity index (χ3v) is 6.65. The SMILES string of the molecule is COc1cc(C=C2CCCc3c2nc2n(c3=O)C3CC3(C(=O)O)C=C2)cc(OC)c1OC. The predicted molar refractivity (Wildman–Crippen MR) is 118 cm³/mol. The van der Waals surface area contributed by atoms with Crippen LogP contribution in [0.2, 0.25) is 0 Å². The van der Waals surface area contributed by atoms with Gasteiger partial charge in [0.2, 0.25) is 5.75 Å². The van der Waals surface area contributed by atoms with Crippen LogP contribution in [0.15, 0.2) is 23.0 Å². The lowest BCUT2D eigenvalue weighted by atomic mass is 9.90. The number of hydrogen-bond acceptors (Lipinski definition) is 6. The molecule has 1 aromatic carbocycles. The Bertz CT molecular complexity index is 1230. The summed E-state index contributed by atoms with van der Waals surface area (Å²) in [5.74, 6) is 1.25. The first-order valence-corrected chi connectivity index (χ1v) is 10.5. The van der Waals surface area contributed by atoms with Crippen LogP contribution in [0.4, 0.5) is 0 Å². The van der Waals surface area contributed by atoms with Crippen molar-refractivity contribution in [3.05, 3.63) is 51.2 Å². The smallest absolute Gasteiger partial charge is 0.315 e. The minimum atomic E-state index is -0.962. The summed E-state index contributed by atoms with van der Waals surface area (Å²) < 4.78 is 17.9. The van der Waals surface area contributed by atoms with Crippen LogP contribution < -0.4 is 19.8 Å². The fourth-order valence-corrected chi connectivity index (χ4v) is 4.88. The number of hydrogen-bond donors (Lipinski definition) is 1. The summed E-state index contributed by atoms with van der Waals surface area (Å²) in [6.07, 6.45) is 8.02. The first kappa shape index (κ1) is 20.4. The summed E-state index contributed by atoms with van der Waals surface area (Å²) in [6.45, 7) is 0. The topological polar surface area (TPSA) is 99.9 Å². The molecule has 1 fully saturated rings. The molecule has 0 radical (unpaired) electrons. The van der Waals surface area contributed by atoms with Crippen LogP contribution in [0.1, 0.15) is 47.9 Å². The van der Waals surface area contributed by atoms with Crippen molar-refractivity contribution in [2.24, 2.45) is 5.41 Å². The number of ether oxygens (including phenoxy) is 3. The van der Waals surface area contributed by atoms with Gasteiger partial charge in [-0.05, 0) is 61.1 Å². The number of rotatable bonds is 5. The molecule has 166 valence electrons. The van der Waals surface area contributed by atoms with Gasteiger partial charge in [-0.1, -0.05) is 6.08 Å². The third-order valence-electron chi connectivity index (χ3n) is 6.65. The first-order chi connectivity index (χ1) is 15.4. The zero-order valence-electron chi connectivity index (χ0n) is 18.2. The summed E-state index contributed by atoms with van der Waals surface area (Å²) in [5.41, 5.74) is 2.06. The molecule has 2 atom stereocenters. The van der Waals surface area contributed by atoms with E-state index in [1.807, 2.05) is 18.2 Å². The van der Waals surface area contributed by atoms with Gasteiger partial charge in [-0.25, -0.2) is 4.98 Å². The molecule has 5 rings (SSSR count).